The van der Waals surface area contributed by atoms with Crippen LogP contribution < -0.4 is 15.2 Å². The number of nitrogens with zero attached hydrogens (tertiary/aromatic N) is 1. The molecule has 0 fully saturated rings. The fraction of sp³-hybridized carbons (Fsp3) is 0.190. The van der Waals surface area contributed by atoms with Gasteiger partial charge in [0.2, 0.25) is 0 Å². The highest BCUT2D eigenvalue weighted by molar-refractivity contribution is 6.11. The molecule has 0 atom stereocenters. The maximum absolute atomic E-state index is 12.4. The standard InChI is InChI=1S/C21H20N2O4/c1-2-3-12-27-19-11-7-4-8-15(19)13-16(14-22)20(24)23-18-10-6-5-9-17(18)21(25)26/h4-11,13H,2-3,12H2,1H3,(H,23,24)(H,25,26)/p-1/b16-13+. The summed E-state index contributed by atoms with van der Waals surface area (Å²) >= 11 is 0. The van der Waals surface area contributed by atoms with Crippen LogP contribution in [-0.4, -0.2) is 18.5 Å². The van der Waals surface area contributed by atoms with Crippen molar-refractivity contribution in [2.24, 2.45) is 0 Å². The maximum atomic E-state index is 12.4. The predicted octanol–water partition coefficient (Wildman–Crippen LogP) is 2.77. The molecule has 2 aromatic carbocycles. The normalized spacial score (nSPS) is 10.7. The molecule has 0 aromatic heterocycles. The van der Waals surface area contributed by atoms with Crippen LogP contribution in [0.25, 0.3) is 6.08 Å². The van der Waals surface area contributed by atoms with Crippen LogP contribution in [0.15, 0.2) is 54.1 Å². The maximum Gasteiger partial charge on any atom is 0.266 e. The number of carbonyl (C=O) groups is 2. The van der Waals surface area contributed by atoms with Crippen LogP contribution in [-0.2, 0) is 4.79 Å². The Bertz CT molecular complexity index is 897. The molecule has 0 heterocycles. The Morgan fingerprint density at radius 1 is 1.19 bits per heavy atom. The second-order valence-electron chi connectivity index (χ2n) is 5.70. The third-order valence-electron chi connectivity index (χ3n) is 3.73. The second kappa shape index (κ2) is 9.78. The minimum atomic E-state index is -1.41. The Morgan fingerprint density at radius 3 is 2.59 bits per heavy atom. The van der Waals surface area contributed by atoms with Gasteiger partial charge in [0, 0.05) is 11.1 Å². The number of nitrogens with one attached hydrogen (secondary N) is 1. The zero-order valence-corrected chi connectivity index (χ0v) is 14.9. The number of benzene rings is 2. The molecule has 27 heavy (non-hydrogen) atoms. The van der Waals surface area contributed by atoms with E-state index < -0.39 is 11.9 Å². The predicted molar refractivity (Wildman–Crippen MR) is 99.8 cm³/mol. The van der Waals surface area contributed by atoms with E-state index in [2.05, 4.69) is 12.2 Å². The van der Waals surface area contributed by atoms with Gasteiger partial charge in [-0.25, -0.2) is 0 Å². The molecule has 1 amide bonds. The number of rotatable bonds is 8. The molecule has 0 aliphatic rings. The summed E-state index contributed by atoms with van der Waals surface area (Å²) in [5.41, 5.74) is 0.325. The summed E-state index contributed by atoms with van der Waals surface area (Å²) in [6.07, 6.45) is 3.30. The van der Waals surface area contributed by atoms with Crippen LogP contribution in [0.4, 0.5) is 5.69 Å². The fourth-order valence-corrected chi connectivity index (χ4v) is 2.32. The molecule has 6 nitrogen and oxygen atoms in total. The van der Waals surface area contributed by atoms with Crippen LogP contribution in [0.2, 0.25) is 0 Å². The molecule has 2 aromatic rings. The topological polar surface area (TPSA) is 102 Å². The monoisotopic (exact) mass is 363 g/mol. The number of carboxylic acid groups (broad SMARTS) is 1. The molecule has 0 spiro atoms. The average molecular weight is 363 g/mol. The molecule has 0 radical (unpaired) electrons. The molecule has 0 saturated carbocycles. The van der Waals surface area contributed by atoms with Gasteiger partial charge in [-0.2, -0.15) is 5.26 Å². The summed E-state index contributed by atoms with van der Waals surface area (Å²) in [7, 11) is 0. The van der Waals surface area contributed by atoms with Gasteiger partial charge in [0.05, 0.1) is 18.3 Å². The Morgan fingerprint density at radius 2 is 1.89 bits per heavy atom. The first kappa shape index (κ1) is 19.7. The van der Waals surface area contributed by atoms with Gasteiger partial charge in [-0.1, -0.05) is 49.7 Å². The lowest BCUT2D eigenvalue weighted by atomic mass is 10.1. The molecule has 2 rings (SSSR count). The van der Waals surface area contributed by atoms with Crippen LogP contribution >= 0.6 is 0 Å². The Hall–Kier alpha value is -3.59. The molecule has 0 aliphatic carbocycles. The van der Waals surface area contributed by atoms with Crippen molar-refractivity contribution in [3.8, 4) is 11.8 Å². The summed E-state index contributed by atoms with van der Waals surface area (Å²) < 4.78 is 5.70. The lowest BCUT2D eigenvalue weighted by Crippen LogP contribution is -2.25. The summed E-state index contributed by atoms with van der Waals surface area (Å²) in [5.74, 6) is -1.56. The molecule has 0 bridgehead atoms. The van der Waals surface area contributed by atoms with E-state index in [0.717, 1.165) is 12.8 Å². The van der Waals surface area contributed by atoms with Gasteiger partial charge < -0.3 is 20.0 Å². The van der Waals surface area contributed by atoms with Gasteiger partial charge in [-0.15, -0.1) is 0 Å². The lowest BCUT2D eigenvalue weighted by molar-refractivity contribution is -0.254. The number of amides is 1. The SMILES string of the molecule is CCCCOc1ccccc1/C=C(\C#N)C(=O)Nc1ccccc1C(=O)[O-]. The number of ether oxygens (including phenoxy) is 1. The summed E-state index contributed by atoms with van der Waals surface area (Å²) in [6.45, 7) is 2.59. The quantitative estimate of drug-likeness (QED) is 0.441. The lowest BCUT2D eigenvalue weighted by Gasteiger charge is -2.12. The first-order chi connectivity index (χ1) is 13.1. The Labute approximate surface area is 157 Å². The van der Waals surface area contributed by atoms with E-state index >= 15 is 0 Å². The van der Waals surface area contributed by atoms with Crippen LogP contribution in [0, 0.1) is 11.3 Å². The fourth-order valence-electron chi connectivity index (χ4n) is 2.32. The Kier molecular flexibility index (Phi) is 7.15. The van der Waals surface area contributed by atoms with Gasteiger partial charge in [-0.05, 0) is 24.6 Å². The third kappa shape index (κ3) is 5.44. The minimum Gasteiger partial charge on any atom is -0.545 e. The van der Waals surface area contributed by atoms with E-state index in [4.69, 9.17) is 4.74 Å². The summed E-state index contributed by atoms with van der Waals surface area (Å²) in [6, 6.07) is 14.8. The van der Waals surface area contributed by atoms with Crippen molar-refractivity contribution in [1.29, 1.82) is 5.26 Å². The van der Waals surface area contributed by atoms with Gasteiger partial charge in [-0.3, -0.25) is 4.79 Å². The first-order valence-electron chi connectivity index (χ1n) is 8.52. The number of aromatic carboxylic acids is 1. The molecule has 1 N–H and O–H groups in total. The van der Waals surface area contributed by atoms with E-state index in [0.29, 0.717) is 17.9 Å². The molecule has 0 aliphatic heterocycles. The number of nitriles is 1. The highest BCUT2D eigenvalue weighted by atomic mass is 16.5. The number of para-hydroxylation sites is 2. The number of hydrogen-bond donors (Lipinski definition) is 1. The van der Waals surface area contributed by atoms with Crippen LogP contribution in [0.5, 0.6) is 5.75 Å². The van der Waals surface area contributed by atoms with E-state index in [1.807, 2.05) is 6.07 Å². The van der Waals surface area contributed by atoms with Gasteiger partial charge in [0.15, 0.2) is 0 Å². The molecular weight excluding hydrogens is 344 g/mol. The van der Waals surface area contributed by atoms with Crippen molar-refractivity contribution in [3.05, 3.63) is 65.2 Å². The highest BCUT2D eigenvalue weighted by Crippen LogP contribution is 2.22. The summed E-state index contributed by atoms with van der Waals surface area (Å²) in [5, 5.41) is 23.0. The van der Waals surface area contributed by atoms with Crippen LogP contribution in [0.3, 0.4) is 0 Å². The first-order valence-corrected chi connectivity index (χ1v) is 8.52. The summed E-state index contributed by atoms with van der Waals surface area (Å²) in [4.78, 5) is 23.6. The van der Waals surface area contributed by atoms with Gasteiger partial charge >= 0.3 is 0 Å². The van der Waals surface area contributed by atoms with Crippen molar-refractivity contribution < 1.29 is 19.4 Å². The smallest absolute Gasteiger partial charge is 0.266 e. The Balaban J connectivity index is 2.26. The molecule has 0 saturated heterocycles. The van der Waals surface area contributed by atoms with E-state index in [-0.39, 0.29) is 16.8 Å². The van der Waals surface area contributed by atoms with E-state index in [1.165, 1.54) is 24.3 Å². The number of hydrogen-bond acceptors (Lipinski definition) is 5. The average Bonchev–Trinajstić information content (AvgIpc) is 2.67. The van der Waals surface area contributed by atoms with Gasteiger partial charge in [0.1, 0.15) is 17.4 Å². The van der Waals surface area contributed by atoms with Crippen molar-refractivity contribution in [1.82, 2.24) is 0 Å². The van der Waals surface area contributed by atoms with Crippen LogP contribution in [0.1, 0.15) is 35.7 Å². The third-order valence-corrected chi connectivity index (χ3v) is 3.73. The van der Waals surface area contributed by atoms with Crippen molar-refractivity contribution in [2.75, 3.05) is 11.9 Å². The number of carboxylic acids is 1. The van der Waals surface area contributed by atoms with Crippen molar-refractivity contribution >= 4 is 23.6 Å². The van der Waals surface area contributed by atoms with Crippen molar-refractivity contribution in [2.45, 2.75) is 19.8 Å². The highest BCUT2D eigenvalue weighted by Gasteiger charge is 2.13. The molecule has 0 unspecified atom stereocenters. The molecule has 138 valence electrons. The zero-order valence-electron chi connectivity index (χ0n) is 14.9. The largest absolute Gasteiger partial charge is 0.545 e. The molecule has 6 heteroatoms. The zero-order chi connectivity index (χ0) is 19.6. The second-order valence-corrected chi connectivity index (χ2v) is 5.70. The molecular formula is C21H19N2O4-. The van der Waals surface area contributed by atoms with E-state index in [1.54, 1.807) is 30.3 Å². The minimum absolute atomic E-state index is 0.0659. The number of anilines is 1. The number of unbranched alkanes of at least 4 members (excludes halogenated alkanes) is 1. The van der Waals surface area contributed by atoms with Crippen molar-refractivity contribution in [3.63, 3.8) is 0 Å². The van der Waals surface area contributed by atoms with E-state index in [9.17, 15) is 20.0 Å². The van der Waals surface area contributed by atoms with Gasteiger partial charge in [0.25, 0.3) is 5.91 Å². The number of carbonyl (C=O) groups excluding carboxylic acids is 2.